The number of hydrogen-bond donors (Lipinski definition) is 4. The number of carboxylic acids is 1. The Balaban J connectivity index is 1.52. The molecule has 4 N–H and O–H groups in total. The average molecular weight is 555 g/mol. The molecule has 8 nitrogen and oxygen atoms in total. The van der Waals surface area contributed by atoms with Crippen molar-refractivity contribution >= 4 is 25.2 Å². The van der Waals surface area contributed by atoms with Crippen molar-refractivity contribution in [3.63, 3.8) is 0 Å². The summed E-state index contributed by atoms with van der Waals surface area (Å²) in [5, 5.41) is 23.7. The van der Waals surface area contributed by atoms with Crippen LogP contribution in [0.25, 0.3) is 10.9 Å². The van der Waals surface area contributed by atoms with Gasteiger partial charge in [0.05, 0.1) is 23.8 Å². The van der Waals surface area contributed by atoms with Gasteiger partial charge in [-0.05, 0) is 79.5 Å². The fraction of sp³-hybridized carbons (Fsp3) is 0.467. The van der Waals surface area contributed by atoms with Crippen LogP contribution in [0.2, 0.25) is 18.1 Å². The van der Waals surface area contributed by atoms with E-state index in [2.05, 4.69) is 44.2 Å². The van der Waals surface area contributed by atoms with Gasteiger partial charge in [0, 0.05) is 18.0 Å². The molecule has 0 aliphatic heterocycles. The molecule has 3 rings (SSSR count). The maximum atomic E-state index is 11.9. The zero-order chi connectivity index (χ0) is 28.6. The number of H-pyrrole nitrogens is 1. The van der Waals surface area contributed by atoms with Gasteiger partial charge in [-0.25, -0.2) is 4.79 Å². The third-order valence-corrected chi connectivity index (χ3v) is 11.9. The number of phenols is 1. The summed E-state index contributed by atoms with van der Waals surface area (Å²) in [7, 11) is -2.11. The Hall–Kier alpha value is -3.14. The van der Waals surface area contributed by atoms with Crippen molar-refractivity contribution in [1.82, 2.24) is 10.3 Å². The van der Waals surface area contributed by atoms with Gasteiger partial charge in [0.1, 0.15) is 11.5 Å². The van der Waals surface area contributed by atoms with Crippen LogP contribution in [0, 0.1) is 0 Å². The third kappa shape index (κ3) is 8.42. The molecule has 3 aromatic rings. The number of phenolic OH excluding ortho intramolecular Hbond substituents is 1. The molecule has 0 amide bonds. The number of aromatic nitrogens is 1. The van der Waals surface area contributed by atoms with Gasteiger partial charge < -0.3 is 29.7 Å². The van der Waals surface area contributed by atoms with Crippen LogP contribution in [0.15, 0.2) is 53.3 Å². The Morgan fingerprint density at radius 3 is 2.36 bits per heavy atom. The van der Waals surface area contributed by atoms with E-state index in [0.29, 0.717) is 24.4 Å². The van der Waals surface area contributed by atoms with Gasteiger partial charge in [-0.1, -0.05) is 39.7 Å². The van der Waals surface area contributed by atoms with E-state index in [1.165, 1.54) is 6.07 Å². The molecule has 0 unspecified atom stereocenters. The van der Waals surface area contributed by atoms with Crippen molar-refractivity contribution in [3.05, 3.63) is 70.0 Å². The SMILES string of the molecule is CC(C)(C)[Si](C)(C)O[C@@H](CNCCCCCCOc1ccc(C(=O)O)cc1)c1ccc(O)c2[nH]c(=O)ccc12. The van der Waals surface area contributed by atoms with Crippen molar-refractivity contribution in [2.45, 2.75) is 70.7 Å². The molecule has 1 atom stereocenters. The van der Waals surface area contributed by atoms with Gasteiger partial charge in [-0.2, -0.15) is 0 Å². The molecule has 0 saturated carbocycles. The van der Waals surface area contributed by atoms with E-state index >= 15 is 0 Å². The molecule has 1 heterocycles. The maximum Gasteiger partial charge on any atom is 0.335 e. The lowest BCUT2D eigenvalue weighted by Crippen LogP contribution is -2.43. The van der Waals surface area contributed by atoms with Crippen LogP contribution in [0.4, 0.5) is 0 Å². The summed E-state index contributed by atoms with van der Waals surface area (Å²) in [4.78, 5) is 25.6. The van der Waals surface area contributed by atoms with Gasteiger partial charge in [0.15, 0.2) is 8.32 Å². The van der Waals surface area contributed by atoms with Crippen molar-refractivity contribution < 1.29 is 24.2 Å². The number of fused-ring (bicyclic) bond motifs is 1. The van der Waals surface area contributed by atoms with Crippen LogP contribution in [-0.4, -0.2) is 49.2 Å². The fourth-order valence-electron chi connectivity index (χ4n) is 4.11. The van der Waals surface area contributed by atoms with Gasteiger partial charge in [0.2, 0.25) is 5.56 Å². The van der Waals surface area contributed by atoms with Crippen LogP contribution in [0.3, 0.4) is 0 Å². The number of ether oxygens (including phenoxy) is 1. The highest BCUT2D eigenvalue weighted by Crippen LogP contribution is 2.41. The Labute approximate surface area is 231 Å². The Kier molecular flexibility index (Phi) is 10.3. The Morgan fingerprint density at radius 2 is 1.69 bits per heavy atom. The molecule has 2 aromatic carbocycles. The minimum absolute atomic E-state index is 0.0344. The number of unbranched alkanes of at least 4 members (excludes halogenated alkanes) is 3. The summed E-state index contributed by atoms with van der Waals surface area (Å²) < 4.78 is 12.6. The zero-order valence-electron chi connectivity index (χ0n) is 23.7. The molecule has 0 saturated heterocycles. The predicted octanol–water partition coefficient (Wildman–Crippen LogP) is 6.22. The second-order valence-electron chi connectivity index (χ2n) is 11.4. The highest BCUT2D eigenvalue weighted by atomic mass is 28.4. The number of aromatic hydroxyl groups is 1. The van der Waals surface area contributed by atoms with Crippen LogP contribution in [-0.2, 0) is 4.43 Å². The number of pyridine rings is 1. The lowest BCUT2D eigenvalue weighted by atomic mass is 10.0. The van der Waals surface area contributed by atoms with Gasteiger partial charge in [0.25, 0.3) is 0 Å². The Morgan fingerprint density at radius 1 is 1.00 bits per heavy atom. The van der Waals surface area contributed by atoms with E-state index < -0.39 is 14.3 Å². The van der Waals surface area contributed by atoms with Gasteiger partial charge >= 0.3 is 5.97 Å². The fourth-order valence-corrected chi connectivity index (χ4v) is 5.38. The predicted molar refractivity (Wildman–Crippen MR) is 157 cm³/mol. The lowest BCUT2D eigenvalue weighted by molar-refractivity contribution is 0.0697. The van der Waals surface area contributed by atoms with Crippen LogP contribution in [0.1, 0.15) is 68.5 Å². The summed E-state index contributed by atoms with van der Waals surface area (Å²) in [5.74, 6) is -0.215. The quantitative estimate of drug-likeness (QED) is 0.138. The van der Waals surface area contributed by atoms with E-state index in [-0.39, 0.29) is 28.0 Å². The summed E-state index contributed by atoms with van der Waals surface area (Å²) in [6.07, 6.45) is 3.82. The molecule has 0 bridgehead atoms. The van der Waals surface area contributed by atoms with Crippen LogP contribution < -0.4 is 15.6 Å². The monoisotopic (exact) mass is 554 g/mol. The van der Waals surface area contributed by atoms with Crippen molar-refractivity contribution in [3.8, 4) is 11.5 Å². The molecule has 9 heteroatoms. The molecule has 39 heavy (non-hydrogen) atoms. The number of aromatic carboxylic acids is 1. The first-order valence-corrected chi connectivity index (χ1v) is 16.5. The smallest absolute Gasteiger partial charge is 0.335 e. The topological polar surface area (TPSA) is 121 Å². The number of nitrogens with one attached hydrogen (secondary N) is 2. The molecule has 0 aliphatic carbocycles. The molecule has 0 radical (unpaired) electrons. The standard InChI is InChI=1S/C30H42N2O6Si/c1-30(2,3)39(4,5)38-26(23-14-16-25(33)28-24(23)15-17-27(34)32-28)20-31-18-8-6-7-9-19-37-22-12-10-21(11-13-22)29(35)36/h10-17,26,31,33H,6-9,18-20H2,1-5H3,(H,32,34)(H,35,36)/t26-/m0/s1. The normalized spacial score (nSPS) is 12.9. The summed E-state index contributed by atoms with van der Waals surface area (Å²) >= 11 is 0. The van der Waals surface area contributed by atoms with Gasteiger partial charge in [-0.15, -0.1) is 0 Å². The van der Waals surface area contributed by atoms with Crippen molar-refractivity contribution in [1.29, 1.82) is 0 Å². The van der Waals surface area contributed by atoms with E-state index in [1.807, 2.05) is 6.07 Å². The summed E-state index contributed by atoms with van der Waals surface area (Å²) in [5.41, 5.74) is 1.38. The first-order valence-electron chi connectivity index (χ1n) is 13.6. The van der Waals surface area contributed by atoms with E-state index in [4.69, 9.17) is 14.3 Å². The maximum absolute atomic E-state index is 11.9. The van der Waals surface area contributed by atoms with Crippen molar-refractivity contribution in [2.24, 2.45) is 0 Å². The van der Waals surface area contributed by atoms with E-state index in [0.717, 1.165) is 43.2 Å². The average Bonchev–Trinajstić information content (AvgIpc) is 2.87. The van der Waals surface area contributed by atoms with E-state index in [9.17, 15) is 14.7 Å². The Bertz CT molecular complexity index is 1300. The molecule has 0 spiro atoms. The minimum Gasteiger partial charge on any atom is -0.506 e. The van der Waals surface area contributed by atoms with Crippen LogP contribution >= 0.6 is 0 Å². The highest BCUT2D eigenvalue weighted by Gasteiger charge is 2.39. The number of aromatic amines is 1. The second kappa shape index (κ2) is 13.3. The largest absolute Gasteiger partial charge is 0.506 e. The number of carboxylic acid groups (broad SMARTS) is 1. The number of carbonyl (C=O) groups is 1. The summed E-state index contributed by atoms with van der Waals surface area (Å²) in [6, 6.07) is 13.2. The minimum atomic E-state index is -2.11. The molecular weight excluding hydrogens is 512 g/mol. The molecule has 0 aliphatic rings. The van der Waals surface area contributed by atoms with E-state index in [1.54, 1.807) is 36.4 Å². The summed E-state index contributed by atoms with van der Waals surface area (Å²) in [6.45, 7) is 13.2. The second-order valence-corrected chi connectivity index (χ2v) is 16.2. The first kappa shape index (κ1) is 30.4. The van der Waals surface area contributed by atoms with Crippen molar-refractivity contribution in [2.75, 3.05) is 19.7 Å². The zero-order valence-corrected chi connectivity index (χ0v) is 24.7. The number of benzene rings is 2. The molecule has 0 fully saturated rings. The first-order chi connectivity index (χ1) is 18.4. The van der Waals surface area contributed by atoms with Gasteiger partial charge in [-0.3, -0.25) is 4.79 Å². The lowest BCUT2D eigenvalue weighted by Gasteiger charge is -2.39. The number of hydrogen-bond acceptors (Lipinski definition) is 6. The van der Waals surface area contributed by atoms with Crippen LogP contribution in [0.5, 0.6) is 11.5 Å². The highest BCUT2D eigenvalue weighted by molar-refractivity contribution is 6.74. The molecule has 1 aromatic heterocycles. The number of rotatable bonds is 14. The third-order valence-electron chi connectivity index (χ3n) is 7.44. The molecule has 212 valence electrons. The molecular formula is C30H42N2O6Si.